The van der Waals surface area contributed by atoms with Gasteiger partial charge in [-0.3, -0.25) is 14.9 Å². The molecule has 2 fully saturated rings. The number of piperidine rings is 1. The van der Waals surface area contributed by atoms with Crippen LogP contribution in [0.25, 0.3) is 0 Å². The van der Waals surface area contributed by atoms with Gasteiger partial charge in [0.15, 0.2) is 11.5 Å². The second kappa shape index (κ2) is 6.82. The Bertz CT molecular complexity index is 952. The minimum atomic E-state index is -1.22. The minimum absolute atomic E-state index is 0.0731. The molecule has 0 amide bonds. The Kier molecular flexibility index (Phi) is 4.52. The van der Waals surface area contributed by atoms with Crippen molar-refractivity contribution in [3.8, 4) is 11.5 Å². The van der Waals surface area contributed by atoms with E-state index in [1.54, 1.807) is 13.2 Å². The highest BCUT2D eigenvalue weighted by molar-refractivity contribution is 5.80. The van der Waals surface area contributed by atoms with Gasteiger partial charge in [-0.2, -0.15) is 0 Å². The van der Waals surface area contributed by atoms with Crippen LogP contribution in [-0.2, 0) is 26.2 Å². The lowest BCUT2D eigenvalue weighted by Crippen LogP contribution is -2.78. The Morgan fingerprint density at radius 1 is 1.35 bits per heavy atom. The van der Waals surface area contributed by atoms with Crippen molar-refractivity contribution >= 4 is 11.9 Å². The number of phenolic OH excluding ortho intramolecular Hbond substituents is 1. The summed E-state index contributed by atoms with van der Waals surface area (Å²) in [4.78, 5) is 25.3. The molecule has 1 spiro atoms. The lowest BCUT2D eigenvalue weighted by atomic mass is 9.48. The number of carbonyl (C=O) groups is 2. The van der Waals surface area contributed by atoms with Crippen molar-refractivity contribution in [2.24, 2.45) is 0 Å². The summed E-state index contributed by atoms with van der Waals surface area (Å²) in [6.45, 7) is 0.828. The van der Waals surface area contributed by atoms with E-state index in [1.165, 1.54) is 0 Å². The average Bonchev–Trinajstić information content (AvgIpc) is 3.08. The van der Waals surface area contributed by atoms with Gasteiger partial charge in [0.2, 0.25) is 0 Å². The Labute approximate surface area is 179 Å². The third-order valence-corrected chi connectivity index (χ3v) is 8.15. The number of rotatable bonds is 6. The molecule has 2 heterocycles. The van der Waals surface area contributed by atoms with E-state index < -0.39 is 41.5 Å². The average molecular weight is 432 g/mol. The highest BCUT2D eigenvalue weighted by Gasteiger charge is 2.73. The van der Waals surface area contributed by atoms with Crippen molar-refractivity contribution in [1.29, 1.82) is 0 Å². The fourth-order valence-corrected chi connectivity index (χ4v) is 6.96. The Morgan fingerprint density at radius 2 is 2.13 bits per heavy atom. The number of aromatic hydroxyl groups is 1. The number of nitrogens with one attached hydrogen (secondary N) is 1. The summed E-state index contributed by atoms with van der Waals surface area (Å²) >= 11 is 0. The second-order valence-corrected chi connectivity index (χ2v) is 9.30. The first kappa shape index (κ1) is 20.5. The van der Waals surface area contributed by atoms with E-state index >= 15 is 0 Å². The van der Waals surface area contributed by atoms with Gasteiger partial charge in [-0.1, -0.05) is 6.07 Å². The number of ether oxygens (including phenoxy) is 2. The maximum atomic E-state index is 11.7. The topological polar surface area (TPSA) is 129 Å². The molecule has 1 aromatic rings. The number of hydrogen-bond acceptors (Lipinski definition) is 7. The lowest BCUT2D eigenvalue weighted by molar-refractivity contribution is -0.204. The molecule has 31 heavy (non-hydrogen) atoms. The number of methoxy groups -OCH3 is 1. The summed E-state index contributed by atoms with van der Waals surface area (Å²) in [6, 6.07) is 2.14. The zero-order chi connectivity index (χ0) is 22.1. The molecule has 2 bridgehead atoms. The summed E-state index contributed by atoms with van der Waals surface area (Å²) < 4.78 is 12.8. The van der Waals surface area contributed by atoms with Gasteiger partial charge in [0, 0.05) is 24.8 Å². The number of carboxylic acid groups (broad SMARTS) is 2. The second-order valence-electron chi connectivity index (χ2n) is 9.30. The van der Waals surface area contributed by atoms with Crippen LogP contribution in [0.1, 0.15) is 36.8 Å². The SMILES string of the molecule is CO[C@@]12CC[C@@H](N[C@@H](CC(=O)O)C(=O)O)[C@@H]3Oc4c(O)ccc5c4[C@@]31CCN(C)[C@@H]2C5. The van der Waals surface area contributed by atoms with Crippen LogP contribution < -0.4 is 10.1 Å². The molecule has 9 nitrogen and oxygen atoms in total. The van der Waals surface area contributed by atoms with Gasteiger partial charge in [0.1, 0.15) is 12.1 Å². The van der Waals surface area contributed by atoms with Gasteiger partial charge in [0.05, 0.1) is 17.4 Å². The van der Waals surface area contributed by atoms with E-state index in [-0.39, 0.29) is 17.8 Å². The molecule has 0 radical (unpaired) electrons. The van der Waals surface area contributed by atoms with Crippen LogP contribution in [0.5, 0.6) is 11.5 Å². The number of nitrogens with zero attached hydrogens (tertiary/aromatic N) is 1. The molecule has 5 rings (SSSR count). The molecule has 1 aromatic carbocycles. The van der Waals surface area contributed by atoms with Crippen molar-refractivity contribution in [3.63, 3.8) is 0 Å². The number of phenols is 1. The van der Waals surface area contributed by atoms with E-state index in [2.05, 4.69) is 17.3 Å². The van der Waals surface area contributed by atoms with Crippen LogP contribution in [0, 0.1) is 0 Å². The van der Waals surface area contributed by atoms with E-state index in [1.807, 2.05) is 6.07 Å². The molecular formula is C22H28N2O7. The van der Waals surface area contributed by atoms with E-state index in [9.17, 15) is 24.9 Å². The number of aliphatic carboxylic acids is 2. The van der Waals surface area contributed by atoms with Gasteiger partial charge in [-0.15, -0.1) is 0 Å². The first-order valence-electron chi connectivity index (χ1n) is 10.7. The molecule has 6 atom stereocenters. The quantitative estimate of drug-likeness (QED) is 0.514. The van der Waals surface area contributed by atoms with Crippen molar-refractivity contribution < 1.29 is 34.4 Å². The first-order chi connectivity index (χ1) is 14.7. The van der Waals surface area contributed by atoms with Crippen LogP contribution in [0.3, 0.4) is 0 Å². The van der Waals surface area contributed by atoms with Crippen LogP contribution in [0.4, 0.5) is 0 Å². The maximum Gasteiger partial charge on any atom is 0.321 e. The molecule has 4 aliphatic rings. The highest BCUT2D eigenvalue weighted by atomic mass is 16.5. The predicted molar refractivity (Wildman–Crippen MR) is 109 cm³/mol. The molecule has 2 aliphatic heterocycles. The number of carboxylic acids is 2. The summed E-state index contributed by atoms with van der Waals surface area (Å²) in [5, 5.41) is 32.5. The Hall–Kier alpha value is -2.36. The molecule has 9 heteroatoms. The number of hydrogen-bond donors (Lipinski definition) is 4. The van der Waals surface area contributed by atoms with Gasteiger partial charge >= 0.3 is 11.9 Å². The van der Waals surface area contributed by atoms with E-state index in [4.69, 9.17) is 9.47 Å². The van der Waals surface area contributed by atoms with Gasteiger partial charge in [0.25, 0.3) is 0 Å². The van der Waals surface area contributed by atoms with E-state index in [0.717, 1.165) is 30.5 Å². The first-order valence-corrected chi connectivity index (χ1v) is 10.7. The highest BCUT2D eigenvalue weighted by Crippen LogP contribution is 2.66. The van der Waals surface area contributed by atoms with Crippen LogP contribution in [0.15, 0.2) is 12.1 Å². The van der Waals surface area contributed by atoms with Crippen LogP contribution in [-0.4, -0.2) is 82.7 Å². The predicted octanol–water partition coefficient (Wildman–Crippen LogP) is 0.716. The molecule has 0 aromatic heterocycles. The normalized spacial score (nSPS) is 36.4. The summed E-state index contributed by atoms with van der Waals surface area (Å²) in [5.74, 6) is -1.84. The number of benzene rings is 1. The molecule has 0 unspecified atom stereocenters. The fraction of sp³-hybridized carbons (Fsp3) is 0.636. The Morgan fingerprint density at radius 3 is 2.81 bits per heavy atom. The Balaban J connectivity index is 1.63. The monoisotopic (exact) mass is 432 g/mol. The third-order valence-electron chi connectivity index (χ3n) is 8.15. The van der Waals surface area contributed by atoms with E-state index in [0.29, 0.717) is 18.6 Å². The van der Waals surface area contributed by atoms with Crippen molar-refractivity contribution in [3.05, 3.63) is 23.3 Å². The van der Waals surface area contributed by atoms with Crippen LogP contribution >= 0.6 is 0 Å². The minimum Gasteiger partial charge on any atom is -0.504 e. The maximum absolute atomic E-state index is 11.7. The fourth-order valence-electron chi connectivity index (χ4n) is 6.96. The van der Waals surface area contributed by atoms with Crippen molar-refractivity contribution in [2.45, 2.75) is 67.3 Å². The largest absolute Gasteiger partial charge is 0.504 e. The molecule has 1 saturated heterocycles. The zero-order valence-corrected chi connectivity index (χ0v) is 17.6. The van der Waals surface area contributed by atoms with Gasteiger partial charge < -0.3 is 29.7 Å². The summed E-state index contributed by atoms with van der Waals surface area (Å²) in [6.07, 6.45) is 1.82. The summed E-state index contributed by atoms with van der Waals surface area (Å²) in [7, 11) is 3.84. The molecule has 168 valence electrons. The van der Waals surface area contributed by atoms with Gasteiger partial charge in [-0.05, 0) is 50.9 Å². The smallest absolute Gasteiger partial charge is 0.321 e. The number of likely N-dealkylation sites (N-methyl/N-ethyl adjacent to an activating group) is 1. The lowest BCUT2D eigenvalue weighted by Gasteiger charge is -2.65. The molecule has 4 N–H and O–H groups in total. The van der Waals surface area contributed by atoms with Gasteiger partial charge in [-0.25, -0.2) is 0 Å². The number of likely N-dealkylation sites (tertiary alicyclic amines) is 1. The van der Waals surface area contributed by atoms with Crippen molar-refractivity contribution in [1.82, 2.24) is 10.2 Å². The van der Waals surface area contributed by atoms with Crippen LogP contribution in [0.2, 0.25) is 0 Å². The zero-order valence-electron chi connectivity index (χ0n) is 17.6. The molecule has 1 saturated carbocycles. The van der Waals surface area contributed by atoms with Crippen molar-refractivity contribution in [2.75, 3.05) is 20.7 Å². The molecule has 2 aliphatic carbocycles. The third kappa shape index (κ3) is 2.54. The molecular weight excluding hydrogens is 404 g/mol. The standard InChI is InChI=1S/C22H28N2O7/c1-24-8-7-21-17-11-3-4-14(25)18(17)31-19(21)12(23-13(20(28)29)10-16(26)27)5-6-22(21,30-2)15(24)9-11/h3-4,12-13,15,19,23,25H,5-10H2,1-2H3,(H,26,27)(H,28,29)/t12-,13+,15-,19+,21+,22-/m1/s1. The summed E-state index contributed by atoms with van der Waals surface area (Å²) in [5.41, 5.74) is 1.05.